The smallest absolute Gasteiger partial charge is 0.320 e. The van der Waals surface area contributed by atoms with Crippen molar-refractivity contribution in [3.8, 4) is 0 Å². The first kappa shape index (κ1) is 20.0. The van der Waals surface area contributed by atoms with Crippen LogP contribution in [0.5, 0.6) is 0 Å². The summed E-state index contributed by atoms with van der Waals surface area (Å²) in [6, 6.07) is 12.8. The molecule has 9 heteroatoms. The van der Waals surface area contributed by atoms with Crippen molar-refractivity contribution >= 4 is 34.6 Å². The Balaban J connectivity index is 1.46. The third kappa shape index (κ3) is 4.30. The number of hydrogen-bond acceptors (Lipinski definition) is 5. The summed E-state index contributed by atoms with van der Waals surface area (Å²) < 4.78 is 13.3. The molecule has 30 heavy (non-hydrogen) atoms. The number of benzene rings is 2. The van der Waals surface area contributed by atoms with Gasteiger partial charge >= 0.3 is 6.03 Å². The molecule has 0 bridgehead atoms. The number of nitrogens with one attached hydrogen (secondary N) is 2. The molecular formula is C21H20FN5O2S. The standard InChI is InChI=1S/C21H20FN5O2S/c1-13-6-2-3-9-16(13)24-21(29)27-11-5-10-17(27)19-25-26-20(30-19)18(28)23-15-8-4-7-14(22)12-15/h2-4,6-9,12,17H,5,10-11H2,1H3,(H,23,28)(H,24,29)/t17-/m0/s1. The van der Waals surface area contributed by atoms with Crippen LogP contribution in [0.1, 0.15) is 39.3 Å². The predicted octanol–water partition coefficient (Wildman–Crippen LogP) is 4.61. The van der Waals surface area contributed by atoms with Gasteiger partial charge in [0.15, 0.2) is 0 Å². The van der Waals surface area contributed by atoms with Crippen LogP contribution in [0.2, 0.25) is 0 Å². The van der Waals surface area contributed by atoms with Gasteiger partial charge in [-0.25, -0.2) is 9.18 Å². The molecule has 3 aromatic rings. The average Bonchev–Trinajstić information content (AvgIpc) is 3.39. The van der Waals surface area contributed by atoms with Crippen LogP contribution in [0.25, 0.3) is 0 Å². The highest BCUT2D eigenvalue weighted by Gasteiger charge is 2.33. The predicted molar refractivity (Wildman–Crippen MR) is 113 cm³/mol. The first-order valence-corrected chi connectivity index (χ1v) is 10.4. The third-order valence-electron chi connectivity index (χ3n) is 4.90. The number of rotatable bonds is 4. The van der Waals surface area contributed by atoms with E-state index in [-0.39, 0.29) is 17.1 Å². The van der Waals surface area contributed by atoms with Crippen LogP contribution in [0, 0.1) is 12.7 Å². The number of hydrogen-bond donors (Lipinski definition) is 2. The molecule has 0 radical (unpaired) electrons. The Bertz CT molecular complexity index is 1090. The SMILES string of the molecule is Cc1ccccc1NC(=O)N1CCC[C@H]1c1nnc(C(=O)Nc2cccc(F)c2)s1. The summed E-state index contributed by atoms with van der Waals surface area (Å²) in [5.74, 6) is -0.898. The minimum absolute atomic E-state index is 0.167. The molecule has 3 amide bonds. The zero-order chi connectivity index (χ0) is 21.1. The zero-order valence-corrected chi connectivity index (χ0v) is 17.1. The normalized spacial score (nSPS) is 15.8. The Morgan fingerprint density at radius 1 is 1.13 bits per heavy atom. The quantitative estimate of drug-likeness (QED) is 0.639. The van der Waals surface area contributed by atoms with Crippen molar-refractivity contribution in [2.24, 2.45) is 0 Å². The van der Waals surface area contributed by atoms with Crippen molar-refractivity contribution in [2.75, 3.05) is 17.2 Å². The molecule has 1 atom stereocenters. The monoisotopic (exact) mass is 425 g/mol. The van der Waals surface area contributed by atoms with E-state index in [4.69, 9.17) is 0 Å². The molecule has 4 rings (SSSR count). The van der Waals surface area contributed by atoms with Crippen LogP contribution in [0.15, 0.2) is 48.5 Å². The fourth-order valence-electron chi connectivity index (χ4n) is 3.38. The van der Waals surface area contributed by atoms with Crippen LogP contribution in [0.3, 0.4) is 0 Å². The van der Waals surface area contributed by atoms with E-state index in [9.17, 15) is 14.0 Å². The van der Waals surface area contributed by atoms with Gasteiger partial charge in [0, 0.05) is 17.9 Å². The topological polar surface area (TPSA) is 87.2 Å². The second-order valence-electron chi connectivity index (χ2n) is 7.01. The van der Waals surface area contributed by atoms with E-state index < -0.39 is 11.7 Å². The van der Waals surface area contributed by atoms with Gasteiger partial charge in [-0.05, 0) is 49.6 Å². The van der Waals surface area contributed by atoms with E-state index in [1.807, 2.05) is 31.2 Å². The second-order valence-corrected chi connectivity index (χ2v) is 8.02. The third-order valence-corrected chi connectivity index (χ3v) is 5.93. The molecule has 1 aromatic heterocycles. The number of urea groups is 1. The molecule has 2 N–H and O–H groups in total. The van der Waals surface area contributed by atoms with Crippen LogP contribution in [0.4, 0.5) is 20.6 Å². The minimum atomic E-state index is -0.460. The van der Waals surface area contributed by atoms with Crippen molar-refractivity contribution in [3.63, 3.8) is 0 Å². The highest BCUT2D eigenvalue weighted by molar-refractivity contribution is 7.13. The molecular weight excluding hydrogens is 405 g/mol. The molecule has 1 aliphatic rings. The lowest BCUT2D eigenvalue weighted by molar-refractivity contribution is 0.102. The summed E-state index contributed by atoms with van der Waals surface area (Å²) in [6.45, 7) is 2.54. The number of nitrogens with zero attached hydrogens (tertiary/aromatic N) is 3. The number of aromatic nitrogens is 2. The summed E-state index contributed by atoms with van der Waals surface area (Å²) in [5.41, 5.74) is 2.09. The number of anilines is 2. The van der Waals surface area contributed by atoms with E-state index in [2.05, 4.69) is 20.8 Å². The van der Waals surface area contributed by atoms with E-state index in [0.717, 1.165) is 35.4 Å². The van der Waals surface area contributed by atoms with Gasteiger partial charge in [-0.1, -0.05) is 35.6 Å². The molecule has 1 saturated heterocycles. The maximum Gasteiger partial charge on any atom is 0.322 e. The molecule has 2 aromatic carbocycles. The first-order valence-electron chi connectivity index (χ1n) is 9.55. The number of aryl methyl sites for hydroxylation is 1. The van der Waals surface area contributed by atoms with Gasteiger partial charge < -0.3 is 15.5 Å². The Labute approximate surface area is 176 Å². The Hall–Kier alpha value is -3.33. The van der Waals surface area contributed by atoms with E-state index in [1.54, 1.807) is 11.0 Å². The Kier molecular flexibility index (Phi) is 5.71. The summed E-state index contributed by atoms with van der Waals surface area (Å²) in [4.78, 5) is 27.0. The van der Waals surface area contributed by atoms with Gasteiger partial charge in [0.25, 0.3) is 5.91 Å². The van der Waals surface area contributed by atoms with Crippen LogP contribution in [-0.4, -0.2) is 33.6 Å². The second kappa shape index (κ2) is 8.58. The van der Waals surface area contributed by atoms with Gasteiger partial charge in [-0.15, -0.1) is 10.2 Å². The minimum Gasteiger partial charge on any atom is -0.320 e. The van der Waals surface area contributed by atoms with Crippen LogP contribution >= 0.6 is 11.3 Å². The van der Waals surface area contributed by atoms with E-state index in [0.29, 0.717) is 17.2 Å². The summed E-state index contributed by atoms with van der Waals surface area (Å²) in [6.07, 6.45) is 1.59. The fourth-order valence-corrected chi connectivity index (χ4v) is 4.26. The highest BCUT2D eigenvalue weighted by Crippen LogP contribution is 2.34. The Morgan fingerprint density at radius 2 is 1.97 bits per heavy atom. The zero-order valence-electron chi connectivity index (χ0n) is 16.3. The molecule has 7 nitrogen and oxygen atoms in total. The van der Waals surface area contributed by atoms with Crippen molar-refractivity contribution in [1.82, 2.24) is 15.1 Å². The van der Waals surface area contributed by atoms with E-state index >= 15 is 0 Å². The largest absolute Gasteiger partial charge is 0.322 e. The molecule has 1 aliphatic heterocycles. The summed E-state index contributed by atoms with van der Waals surface area (Å²) >= 11 is 1.14. The molecule has 1 fully saturated rings. The molecule has 0 unspecified atom stereocenters. The number of carbonyl (C=O) groups is 2. The number of halogens is 1. The fraction of sp³-hybridized carbons (Fsp3) is 0.238. The molecule has 0 aliphatic carbocycles. The maximum atomic E-state index is 13.3. The van der Waals surface area contributed by atoms with Crippen LogP contribution in [-0.2, 0) is 0 Å². The van der Waals surface area contributed by atoms with Gasteiger partial charge in [-0.3, -0.25) is 4.79 Å². The summed E-state index contributed by atoms with van der Waals surface area (Å²) in [7, 11) is 0. The number of amides is 3. The lowest BCUT2D eigenvalue weighted by atomic mass is 10.2. The average molecular weight is 425 g/mol. The van der Waals surface area contributed by atoms with Crippen molar-refractivity contribution in [2.45, 2.75) is 25.8 Å². The Morgan fingerprint density at radius 3 is 2.77 bits per heavy atom. The lowest BCUT2D eigenvalue weighted by Gasteiger charge is -2.23. The van der Waals surface area contributed by atoms with Crippen molar-refractivity contribution in [3.05, 3.63) is 69.9 Å². The highest BCUT2D eigenvalue weighted by atomic mass is 32.1. The maximum absolute atomic E-state index is 13.3. The van der Waals surface area contributed by atoms with Crippen LogP contribution < -0.4 is 10.6 Å². The number of carbonyl (C=O) groups excluding carboxylic acids is 2. The summed E-state index contributed by atoms with van der Waals surface area (Å²) in [5, 5.41) is 14.5. The number of para-hydroxylation sites is 1. The van der Waals surface area contributed by atoms with E-state index in [1.165, 1.54) is 18.2 Å². The van der Waals surface area contributed by atoms with Gasteiger partial charge in [0.05, 0.1) is 6.04 Å². The van der Waals surface area contributed by atoms with Gasteiger partial charge in [0.1, 0.15) is 10.8 Å². The van der Waals surface area contributed by atoms with Crippen molar-refractivity contribution < 1.29 is 14.0 Å². The number of likely N-dealkylation sites (tertiary alicyclic amines) is 1. The van der Waals surface area contributed by atoms with Crippen molar-refractivity contribution in [1.29, 1.82) is 0 Å². The molecule has 2 heterocycles. The van der Waals surface area contributed by atoms with Gasteiger partial charge in [-0.2, -0.15) is 0 Å². The lowest BCUT2D eigenvalue weighted by Crippen LogP contribution is -2.34. The molecule has 0 saturated carbocycles. The molecule has 0 spiro atoms. The van der Waals surface area contributed by atoms with Gasteiger partial charge in [0.2, 0.25) is 5.01 Å². The first-order chi connectivity index (χ1) is 14.5. The molecule has 154 valence electrons.